The predicted octanol–water partition coefficient (Wildman–Crippen LogP) is 1.55. The molecule has 2 rings (SSSR count). The van der Waals surface area contributed by atoms with E-state index in [0.717, 1.165) is 17.7 Å². The van der Waals surface area contributed by atoms with Gasteiger partial charge >= 0.3 is 0 Å². The second-order valence-electron chi connectivity index (χ2n) is 4.59. The maximum atomic E-state index is 5.67. The quantitative estimate of drug-likeness (QED) is 0.753. The number of piperidine rings is 1. The van der Waals surface area contributed by atoms with Crippen LogP contribution in [-0.4, -0.2) is 42.1 Å². The summed E-state index contributed by atoms with van der Waals surface area (Å²) in [5.74, 6) is 2.15. The fourth-order valence-corrected chi connectivity index (χ4v) is 3.20. The van der Waals surface area contributed by atoms with E-state index >= 15 is 0 Å². The number of hydrogen-bond donors (Lipinski definition) is 1. The molecule has 2 N–H and O–H groups in total. The van der Waals surface area contributed by atoms with Gasteiger partial charge in [-0.05, 0) is 51.2 Å². The van der Waals surface area contributed by atoms with E-state index in [1.807, 2.05) is 0 Å². The molecule has 0 atom stereocenters. The van der Waals surface area contributed by atoms with Crippen LogP contribution in [0, 0.1) is 5.92 Å². The molecule has 0 radical (unpaired) electrons. The fourth-order valence-electron chi connectivity index (χ4n) is 2.03. The molecule has 2 nitrogen and oxygen atoms in total. The number of nitrogens with two attached hydrogens (primary N) is 1. The van der Waals surface area contributed by atoms with Crippen LogP contribution in [0.5, 0.6) is 0 Å². The number of rotatable bonds is 5. The summed E-state index contributed by atoms with van der Waals surface area (Å²) in [5.41, 5.74) is 5.67. The molecule has 82 valence electrons. The first-order valence-corrected chi connectivity index (χ1v) is 6.97. The van der Waals surface area contributed by atoms with Gasteiger partial charge in [0.25, 0.3) is 0 Å². The molecule has 1 heterocycles. The topological polar surface area (TPSA) is 29.3 Å². The highest BCUT2D eigenvalue weighted by Crippen LogP contribution is 2.33. The molecule has 2 aliphatic rings. The average molecular weight is 214 g/mol. The van der Waals surface area contributed by atoms with Crippen molar-refractivity contribution in [3.63, 3.8) is 0 Å². The van der Waals surface area contributed by atoms with Crippen LogP contribution in [0.25, 0.3) is 0 Å². The average Bonchev–Trinajstić information content (AvgIpc) is 3.03. The Bertz CT molecular complexity index is 163. The van der Waals surface area contributed by atoms with E-state index in [2.05, 4.69) is 16.7 Å². The maximum absolute atomic E-state index is 5.67. The Morgan fingerprint density at radius 3 is 2.43 bits per heavy atom. The summed E-state index contributed by atoms with van der Waals surface area (Å²) in [5, 5.41) is 1.02. The smallest absolute Gasteiger partial charge is 0.00724 e. The van der Waals surface area contributed by atoms with Crippen molar-refractivity contribution in [3.8, 4) is 0 Å². The van der Waals surface area contributed by atoms with E-state index in [0.29, 0.717) is 0 Å². The maximum Gasteiger partial charge on any atom is 0.00724 e. The van der Waals surface area contributed by atoms with Crippen LogP contribution in [0.1, 0.15) is 25.7 Å². The summed E-state index contributed by atoms with van der Waals surface area (Å²) < 4.78 is 0. The minimum absolute atomic E-state index is 0.808. The third-order valence-corrected chi connectivity index (χ3v) is 4.69. The summed E-state index contributed by atoms with van der Waals surface area (Å²) in [6.45, 7) is 4.77. The molecule has 0 aromatic rings. The molecular weight excluding hydrogens is 192 g/mol. The number of thioether (sulfide) groups is 1. The molecule has 1 saturated carbocycles. The van der Waals surface area contributed by atoms with Crippen molar-refractivity contribution in [3.05, 3.63) is 0 Å². The highest BCUT2D eigenvalue weighted by molar-refractivity contribution is 8.00. The van der Waals surface area contributed by atoms with E-state index in [9.17, 15) is 0 Å². The first-order valence-electron chi connectivity index (χ1n) is 5.92. The SMILES string of the molecule is NCC1CCN(CCSC2CC2)CC1. The van der Waals surface area contributed by atoms with E-state index in [4.69, 9.17) is 5.73 Å². The molecule has 1 saturated heterocycles. The molecule has 0 aromatic carbocycles. The van der Waals surface area contributed by atoms with Gasteiger partial charge in [0.15, 0.2) is 0 Å². The lowest BCUT2D eigenvalue weighted by molar-refractivity contribution is 0.197. The summed E-state index contributed by atoms with van der Waals surface area (Å²) >= 11 is 2.18. The third kappa shape index (κ3) is 3.44. The van der Waals surface area contributed by atoms with Crippen molar-refractivity contribution in [2.24, 2.45) is 11.7 Å². The van der Waals surface area contributed by atoms with Crippen molar-refractivity contribution in [2.75, 3.05) is 31.9 Å². The Morgan fingerprint density at radius 2 is 1.86 bits per heavy atom. The zero-order valence-corrected chi connectivity index (χ0v) is 9.77. The van der Waals surface area contributed by atoms with Gasteiger partial charge in [-0.3, -0.25) is 0 Å². The largest absolute Gasteiger partial charge is 0.330 e. The summed E-state index contributed by atoms with van der Waals surface area (Å²) in [6, 6.07) is 0. The van der Waals surface area contributed by atoms with Gasteiger partial charge in [0, 0.05) is 17.5 Å². The van der Waals surface area contributed by atoms with Gasteiger partial charge in [0.05, 0.1) is 0 Å². The van der Waals surface area contributed by atoms with Gasteiger partial charge in [-0.1, -0.05) is 0 Å². The molecule has 14 heavy (non-hydrogen) atoms. The Kier molecular flexibility index (Phi) is 4.14. The van der Waals surface area contributed by atoms with Crippen LogP contribution in [0.3, 0.4) is 0 Å². The molecule has 1 aliphatic heterocycles. The van der Waals surface area contributed by atoms with E-state index < -0.39 is 0 Å². The van der Waals surface area contributed by atoms with Crippen molar-refractivity contribution in [2.45, 2.75) is 30.9 Å². The van der Waals surface area contributed by atoms with Crippen LogP contribution in [-0.2, 0) is 0 Å². The molecule has 0 unspecified atom stereocenters. The molecule has 1 aliphatic carbocycles. The van der Waals surface area contributed by atoms with E-state index in [1.165, 1.54) is 51.1 Å². The predicted molar refractivity (Wildman–Crippen MR) is 63.7 cm³/mol. The van der Waals surface area contributed by atoms with Crippen molar-refractivity contribution < 1.29 is 0 Å². The highest BCUT2D eigenvalue weighted by atomic mass is 32.2. The van der Waals surface area contributed by atoms with Gasteiger partial charge in [0.1, 0.15) is 0 Å². The molecule has 0 amide bonds. The van der Waals surface area contributed by atoms with Crippen LogP contribution in [0.15, 0.2) is 0 Å². The van der Waals surface area contributed by atoms with Crippen molar-refractivity contribution in [1.82, 2.24) is 4.90 Å². The number of likely N-dealkylation sites (tertiary alicyclic amines) is 1. The third-order valence-electron chi connectivity index (χ3n) is 3.33. The van der Waals surface area contributed by atoms with Crippen molar-refractivity contribution in [1.29, 1.82) is 0 Å². The highest BCUT2D eigenvalue weighted by Gasteiger charge is 2.22. The van der Waals surface area contributed by atoms with Crippen LogP contribution < -0.4 is 5.73 Å². The standard InChI is InChI=1S/C11H22N2S/c12-9-10-3-5-13(6-4-10)7-8-14-11-1-2-11/h10-11H,1-9,12H2. The zero-order chi connectivity index (χ0) is 9.80. The second kappa shape index (κ2) is 5.38. The molecule has 0 bridgehead atoms. The monoisotopic (exact) mass is 214 g/mol. The summed E-state index contributed by atoms with van der Waals surface area (Å²) in [6.07, 6.45) is 5.59. The first-order chi connectivity index (χ1) is 6.88. The Labute approximate surface area is 91.6 Å². The molecular formula is C11H22N2S. The number of nitrogens with zero attached hydrogens (tertiary/aromatic N) is 1. The van der Waals surface area contributed by atoms with E-state index in [1.54, 1.807) is 0 Å². The minimum Gasteiger partial charge on any atom is -0.330 e. The van der Waals surface area contributed by atoms with Gasteiger partial charge in [-0.25, -0.2) is 0 Å². The molecule has 0 spiro atoms. The first kappa shape index (κ1) is 10.8. The van der Waals surface area contributed by atoms with Crippen LogP contribution in [0.4, 0.5) is 0 Å². The van der Waals surface area contributed by atoms with E-state index in [-0.39, 0.29) is 0 Å². The Balaban J connectivity index is 1.53. The fraction of sp³-hybridized carbons (Fsp3) is 1.00. The van der Waals surface area contributed by atoms with Gasteiger partial charge in [-0.2, -0.15) is 11.8 Å². The van der Waals surface area contributed by atoms with Gasteiger partial charge in [0.2, 0.25) is 0 Å². The minimum atomic E-state index is 0.808. The zero-order valence-electron chi connectivity index (χ0n) is 8.95. The van der Waals surface area contributed by atoms with Crippen LogP contribution >= 0.6 is 11.8 Å². The number of hydrogen-bond acceptors (Lipinski definition) is 3. The normalized spacial score (nSPS) is 25.5. The van der Waals surface area contributed by atoms with Gasteiger partial charge in [-0.15, -0.1) is 0 Å². The summed E-state index contributed by atoms with van der Waals surface area (Å²) in [7, 11) is 0. The molecule has 2 fully saturated rings. The summed E-state index contributed by atoms with van der Waals surface area (Å²) in [4.78, 5) is 2.61. The van der Waals surface area contributed by atoms with Crippen molar-refractivity contribution >= 4 is 11.8 Å². The Hall–Kier alpha value is 0.270. The second-order valence-corrected chi connectivity index (χ2v) is 6.00. The lowest BCUT2D eigenvalue weighted by atomic mass is 9.97. The lowest BCUT2D eigenvalue weighted by Crippen LogP contribution is -2.37. The Morgan fingerprint density at radius 1 is 1.14 bits per heavy atom. The lowest BCUT2D eigenvalue weighted by Gasteiger charge is -2.31. The van der Waals surface area contributed by atoms with Gasteiger partial charge < -0.3 is 10.6 Å². The molecule has 0 aromatic heterocycles. The van der Waals surface area contributed by atoms with Crippen LogP contribution in [0.2, 0.25) is 0 Å². The molecule has 3 heteroatoms.